The summed E-state index contributed by atoms with van der Waals surface area (Å²) in [5.74, 6) is 2.91. The molecular formula is C21H38O. The minimum atomic E-state index is 0.582. The summed E-state index contributed by atoms with van der Waals surface area (Å²) in [4.78, 5) is 0. The highest BCUT2D eigenvalue weighted by molar-refractivity contribution is 4.89. The molecule has 0 spiro atoms. The first-order valence-corrected chi connectivity index (χ1v) is 10.1. The Labute approximate surface area is 138 Å². The highest BCUT2D eigenvalue weighted by atomic mass is 16.5. The van der Waals surface area contributed by atoms with E-state index in [9.17, 15) is 0 Å². The third-order valence-electron chi connectivity index (χ3n) is 5.98. The van der Waals surface area contributed by atoms with Crippen molar-refractivity contribution in [1.29, 1.82) is 0 Å². The van der Waals surface area contributed by atoms with Gasteiger partial charge in [-0.25, -0.2) is 0 Å². The number of unbranched alkanes of at least 4 members (excludes halogenated alkanes) is 1. The Morgan fingerprint density at radius 2 is 1.45 bits per heavy atom. The van der Waals surface area contributed by atoms with Crippen molar-refractivity contribution in [3.05, 3.63) is 12.2 Å². The molecule has 0 aromatic rings. The lowest BCUT2D eigenvalue weighted by atomic mass is 9.77. The molecule has 2 rings (SSSR count). The molecule has 2 aliphatic carbocycles. The lowest BCUT2D eigenvalue weighted by Gasteiger charge is -2.31. The summed E-state index contributed by atoms with van der Waals surface area (Å²) >= 11 is 0. The van der Waals surface area contributed by atoms with E-state index < -0.39 is 0 Å². The first-order chi connectivity index (χ1) is 10.8. The summed E-state index contributed by atoms with van der Waals surface area (Å²) in [6.45, 7) is 5.39. The molecule has 0 aromatic carbocycles. The first kappa shape index (κ1) is 18.0. The van der Waals surface area contributed by atoms with Crippen LogP contribution in [0.4, 0.5) is 0 Å². The van der Waals surface area contributed by atoms with E-state index in [1.165, 1.54) is 77.0 Å². The predicted molar refractivity (Wildman–Crippen MR) is 96.1 cm³/mol. The Kier molecular flexibility index (Phi) is 8.59. The van der Waals surface area contributed by atoms with Crippen LogP contribution in [-0.2, 0) is 4.74 Å². The molecule has 1 nitrogen and oxygen atoms in total. The van der Waals surface area contributed by atoms with Crippen LogP contribution in [0.2, 0.25) is 0 Å². The molecule has 0 aromatic heterocycles. The molecule has 0 bridgehead atoms. The number of allylic oxidation sites excluding steroid dienone is 2. The van der Waals surface area contributed by atoms with Gasteiger partial charge in [0.25, 0.3) is 0 Å². The maximum absolute atomic E-state index is 5.99. The number of hydrogen-bond acceptors (Lipinski definition) is 1. The average Bonchev–Trinajstić information content (AvgIpc) is 2.56. The van der Waals surface area contributed by atoms with E-state index >= 15 is 0 Å². The number of rotatable bonds is 8. The van der Waals surface area contributed by atoms with Gasteiger partial charge in [0.15, 0.2) is 0 Å². The van der Waals surface area contributed by atoms with Gasteiger partial charge in [-0.05, 0) is 82.5 Å². The molecule has 0 heterocycles. The second-order valence-corrected chi connectivity index (χ2v) is 7.75. The summed E-state index contributed by atoms with van der Waals surface area (Å²) < 4.78 is 5.99. The van der Waals surface area contributed by atoms with E-state index in [0.717, 1.165) is 24.4 Å². The van der Waals surface area contributed by atoms with Crippen LogP contribution in [0.15, 0.2) is 12.2 Å². The Morgan fingerprint density at radius 3 is 2.00 bits per heavy atom. The minimum Gasteiger partial charge on any atom is -0.378 e. The van der Waals surface area contributed by atoms with Crippen molar-refractivity contribution in [3.63, 3.8) is 0 Å². The molecule has 0 atom stereocenters. The zero-order valence-electron chi connectivity index (χ0n) is 15.1. The van der Waals surface area contributed by atoms with Crippen LogP contribution in [0.3, 0.4) is 0 Å². The standard InChI is InChI=1S/C21H38O/c1-3-5-17-22-21-15-13-20(14-16-21)12-11-19-9-7-18(6-4-2)8-10-19/h4,6,18-21H,3,5,7-17H2,1-2H3/b6-4+/t18-,19-,20-,21-. The maximum atomic E-state index is 5.99. The van der Waals surface area contributed by atoms with E-state index in [4.69, 9.17) is 4.74 Å². The van der Waals surface area contributed by atoms with Gasteiger partial charge < -0.3 is 4.74 Å². The lowest BCUT2D eigenvalue weighted by Crippen LogP contribution is -2.23. The summed E-state index contributed by atoms with van der Waals surface area (Å²) in [5, 5.41) is 0. The second kappa shape index (κ2) is 10.5. The lowest BCUT2D eigenvalue weighted by molar-refractivity contribution is 0.0151. The molecule has 0 amide bonds. The Morgan fingerprint density at radius 1 is 0.864 bits per heavy atom. The van der Waals surface area contributed by atoms with Gasteiger partial charge in [-0.3, -0.25) is 0 Å². The molecule has 0 saturated heterocycles. The molecule has 2 aliphatic rings. The molecule has 0 aliphatic heterocycles. The van der Waals surface area contributed by atoms with Crippen molar-refractivity contribution in [1.82, 2.24) is 0 Å². The van der Waals surface area contributed by atoms with Crippen molar-refractivity contribution in [2.75, 3.05) is 6.61 Å². The Hall–Kier alpha value is -0.300. The molecule has 1 heteroatoms. The highest BCUT2D eigenvalue weighted by Crippen LogP contribution is 2.36. The largest absolute Gasteiger partial charge is 0.378 e. The van der Waals surface area contributed by atoms with Crippen molar-refractivity contribution < 1.29 is 4.74 Å². The van der Waals surface area contributed by atoms with E-state index in [1.807, 2.05) is 0 Å². The fourth-order valence-corrected chi connectivity index (χ4v) is 4.39. The summed E-state index contributed by atoms with van der Waals surface area (Å²) in [7, 11) is 0. The van der Waals surface area contributed by atoms with Gasteiger partial charge in [-0.15, -0.1) is 0 Å². The predicted octanol–water partition coefficient (Wildman–Crippen LogP) is 6.52. The molecule has 0 N–H and O–H groups in total. The molecule has 128 valence electrons. The molecule has 22 heavy (non-hydrogen) atoms. The van der Waals surface area contributed by atoms with Gasteiger partial charge in [-0.1, -0.05) is 38.3 Å². The van der Waals surface area contributed by atoms with Gasteiger partial charge in [0.05, 0.1) is 6.10 Å². The maximum Gasteiger partial charge on any atom is 0.0575 e. The van der Waals surface area contributed by atoms with Gasteiger partial charge in [-0.2, -0.15) is 0 Å². The van der Waals surface area contributed by atoms with E-state index in [0.29, 0.717) is 6.10 Å². The number of ether oxygens (including phenoxy) is 1. The molecular weight excluding hydrogens is 268 g/mol. The monoisotopic (exact) mass is 306 g/mol. The average molecular weight is 307 g/mol. The van der Waals surface area contributed by atoms with Crippen molar-refractivity contribution >= 4 is 0 Å². The van der Waals surface area contributed by atoms with Crippen molar-refractivity contribution in [2.24, 2.45) is 17.8 Å². The molecule has 0 unspecified atom stereocenters. The fourth-order valence-electron chi connectivity index (χ4n) is 4.39. The van der Waals surface area contributed by atoms with Crippen LogP contribution in [0.1, 0.15) is 90.9 Å². The van der Waals surface area contributed by atoms with Crippen molar-refractivity contribution in [2.45, 2.75) is 97.0 Å². The topological polar surface area (TPSA) is 9.23 Å². The van der Waals surface area contributed by atoms with Crippen LogP contribution in [0.5, 0.6) is 0 Å². The Bertz CT molecular complexity index is 293. The van der Waals surface area contributed by atoms with Crippen LogP contribution in [0.25, 0.3) is 0 Å². The van der Waals surface area contributed by atoms with Crippen LogP contribution in [-0.4, -0.2) is 12.7 Å². The third-order valence-corrected chi connectivity index (χ3v) is 5.98. The van der Waals surface area contributed by atoms with E-state index in [1.54, 1.807) is 0 Å². The fraction of sp³-hybridized carbons (Fsp3) is 0.905. The molecule has 2 fully saturated rings. The van der Waals surface area contributed by atoms with Crippen LogP contribution >= 0.6 is 0 Å². The zero-order chi connectivity index (χ0) is 15.6. The molecule has 0 radical (unpaired) electrons. The normalized spacial score (nSPS) is 33.4. The van der Waals surface area contributed by atoms with Crippen LogP contribution in [0, 0.1) is 17.8 Å². The van der Waals surface area contributed by atoms with Crippen molar-refractivity contribution in [3.8, 4) is 0 Å². The third kappa shape index (κ3) is 6.44. The highest BCUT2D eigenvalue weighted by Gasteiger charge is 2.24. The van der Waals surface area contributed by atoms with Gasteiger partial charge in [0.2, 0.25) is 0 Å². The van der Waals surface area contributed by atoms with E-state index in [-0.39, 0.29) is 0 Å². The van der Waals surface area contributed by atoms with Gasteiger partial charge in [0, 0.05) is 6.61 Å². The van der Waals surface area contributed by atoms with Gasteiger partial charge in [0.1, 0.15) is 0 Å². The minimum absolute atomic E-state index is 0.582. The quantitative estimate of drug-likeness (QED) is 0.366. The van der Waals surface area contributed by atoms with Crippen LogP contribution < -0.4 is 0 Å². The SMILES string of the molecule is C/C=C/[C@H]1CC[C@H](CC[C@H]2CC[C@H](OCCCC)CC2)CC1. The van der Waals surface area contributed by atoms with Gasteiger partial charge >= 0.3 is 0 Å². The zero-order valence-corrected chi connectivity index (χ0v) is 15.1. The van der Waals surface area contributed by atoms with E-state index in [2.05, 4.69) is 26.0 Å². The summed E-state index contributed by atoms with van der Waals surface area (Å²) in [5.41, 5.74) is 0. The summed E-state index contributed by atoms with van der Waals surface area (Å²) in [6, 6.07) is 0. The Balaban J connectivity index is 1.54. The number of hydrogen-bond donors (Lipinski definition) is 0. The molecule has 2 saturated carbocycles. The smallest absolute Gasteiger partial charge is 0.0575 e. The summed E-state index contributed by atoms with van der Waals surface area (Å²) in [6.07, 6.45) is 22.0. The second-order valence-electron chi connectivity index (χ2n) is 7.75. The first-order valence-electron chi connectivity index (χ1n) is 10.1.